The molecule has 6 heteroatoms. The van der Waals surface area contributed by atoms with Crippen molar-refractivity contribution in [2.45, 2.75) is 39.3 Å². The highest BCUT2D eigenvalue weighted by Gasteiger charge is 2.29. The first-order chi connectivity index (χ1) is 14.4. The summed E-state index contributed by atoms with van der Waals surface area (Å²) in [5.41, 5.74) is 10.5. The van der Waals surface area contributed by atoms with E-state index in [4.69, 9.17) is 5.73 Å². The SMILES string of the molecule is Cc1ccc2cc(C(=O)Nc3ccccc3CN3CCCC3C(N)=O)c(C)nc2c1. The number of hydrogen-bond acceptors (Lipinski definition) is 4. The summed E-state index contributed by atoms with van der Waals surface area (Å²) in [7, 11) is 0. The van der Waals surface area contributed by atoms with Gasteiger partial charge in [0.05, 0.1) is 22.8 Å². The van der Waals surface area contributed by atoms with Gasteiger partial charge in [-0.25, -0.2) is 0 Å². The van der Waals surface area contributed by atoms with Crippen molar-refractivity contribution in [3.8, 4) is 0 Å². The molecule has 3 N–H and O–H groups in total. The van der Waals surface area contributed by atoms with Crippen LogP contribution in [0.4, 0.5) is 5.69 Å². The Hall–Kier alpha value is -3.25. The molecule has 3 aromatic rings. The lowest BCUT2D eigenvalue weighted by molar-refractivity contribution is -0.122. The van der Waals surface area contributed by atoms with Crippen molar-refractivity contribution in [2.24, 2.45) is 5.73 Å². The predicted molar refractivity (Wildman–Crippen MR) is 118 cm³/mol. The van der Waals surface area contributed by atoms with Crippen molar-refractivity contribution >= 4 is 28.4 Å². The van der Waals surface area contributed by atoms with Crippen molar-refractivity contribution < 1.29 is 9.59 Å². The van der Waals surface area contributed by atoms with Crippen LogP contribution in [0.25, 0.3) is 10.9 Å². The van der Waals surface area contributed by atoms with E-state index in [0.717, 1.165) is 47.1 Å². The normalized spacial score (nSPS) is 16.7. The van der Waals surface area contributed by atoms with Gasteiger partial charge in [-0.1, -0.05) is 30.3 Å². The summed E-state index contributed by atoms with van der Waals surface area (Å²) < 4.78 is 0. The van der Waals surface area contributed by atoms with E-state index in [9.17, 15) is 9.59 Å². The zero-order valence-corrected chi connectivity index (χ0v) is 17.3. The van der Waals surface area contributed by atoms with Gasteiger partial charge in [0.1, 0.15) is 0 Å². The van der Waals surface area contributed by atoms with E-state index >= 15 is 0 Å². The van der Waals surface area contributed by atoms with Crippen molar-refractivity contribution in [1.29, 1.82) is 0 Å². The molecule has 1 atom stereocenters. The number of primary amides is 1. The standard InChI is InChI=1S/C24H26N4O2/c1-15-9-10-17-13-19(16(2)26-21(17)12-15)24(30)27-20-7-4-3-6-18(20)14-28-11-5-8-22(28)23(25)29/h3-4,6-7,9-10,12-13,22H,5,8,11,14H2,1-2H3,(H2,25,29)(H,27,30). The molecule has 1 unspecified atom stereocenters. The zero-order chi connectivity index (χ0) is 21.3. The molecule has 2 heterocycles. The lowest BCUT2D eigenvalue weighted by Gasteiger charge is -2.23. The van der Waals surface area contributed by atoms with Crippen LogP contribution in [0.15, 0.2) is 48.5 Å². The fourth-order valence-electron chi connectivity index (χ4n) is 4.13. The van der Waals surface area contributed by atoms with Crippen LogP contribution >= 0.6 is 0 Å². The summed E-state index contributed by atoms with van der Waals surface area (Å²) in [6.45, 7) is 5.27. The molecule has 0 spiro atoms. The summed E-state index contributed by atoms with van der Waals surface area (Å²) in [5.74, 6) is -0.482. The number of para-hydroxylation sites is 1. The molecule has 0 radical (unpaired) electrons. The fourth-order valence-corrected chi connectivity index (χ4v) is 4.13. The molecule has 30 heavy (non-hydrogen) atoms. The third kappa shape index (κ3) is 4.04. The number of amides is 2. The van der Waals surface area contributed by atoms with E-state index in [0.29, 0.717) is 17.8 Å². The minimum Gasteiger partial charge on any atom is -0.368 e. The molecule has 154 valence electrons. The Morgan fingerprint density at radius 1 is 1.17 bits per heavy atom. The van der Waals surface area contributed by atoms with Gasteiger partial charge >= 0.3 is 0 Å². The molecule has 1 aromatic heterocycles. The lowest BCUT2D eigenvalue weighted by atomic mass is 10.1. The average Bonchev–Trinajstić information content (AvgIpc) is 3.17. The first-order valence-corrected chi connectivity index (χ1v) is 10.2. The van der Waals surface area contributed by atoms with E-state index < -0.39 is 0 Å². The van der Waals surface area contributed by atoms with Gasteiger partial charge in [-0.2, -0.15) is 0 Å². The maximum absolute atomic E-state index is 13.1. The maximum atomic E-state index is 13.1. The number of pyridine rings is 1. The number of hydrogen-bond donors (Lipinski definition) is 2. The number of carbonyl (C=O) groups excluding carboxylic acids is 2. The molecule has 1 aliphatic heterocycles. The van der Waals surface area contributed by atoms with Crippen LogP contribution in [-0.2, 0) is 11.3 Å². The number of nitrogens with zero attached hydrogens (tertiary/aromatic N) is 2. The highest BCUT2D eigenvalue weighted by molar-refractivity contribution is 6.07. The van der Waals surface area contributed by atoms with Crippen LogP contribution in [0.1, 0.15) is 40.0 Å². The van der Waals surface area contributed by atoms with Crippen LogP contribution < -0.4 is 11.1 Å². The van der Waals surface area contributed by atoms with Crippen molar-refractivity contribution in [3.63, 3.8) is 0 Å². The number of carbonyl (C=O) groups is 2. The van der Waals surface area contributed by atoms with Gasteiger partial charge in [0.15, 0.2) is 0 Å². The molecule has 2 amide bonds. The maximum Gasteiger partial charge on any atom is 0.257 e. The van der Waals surface area contributed by atoms with Gasteiger partial charge in [0, 0.05) is 17.6 Å². The Morgan fingerprint density at radius 2 is 1.97 bits per heavy atom. The molecule has 0 aliphatic carbocycles. The topological polar surface area (TPSA) is 88.3 Å². The Morgan fingerprint density at radius 3 is 2.77 bits per heavy atom. The van der Waals surface area contributed by atoms with Gasteiger partial charge in [0.2, 0.25) is 5.91 Å². The van der Waals surface area contributed by atoms with Crippen LogP contribution in [0, 0.1) is 13.8 Å². The average molecular weight is 402 g/mol. The fraction of sp³-hybridized carbons (Fsp3) is 0.292. The molecule has 2 aromatic carbocycles. The molecule has 1 aliphatic rings. The number of benzene rings is 2. The van der Waals surface area contributed by atoms with E-state index in [1.54, 1.807) is 0 Å². The van der Waals surface area contributed by atoms with Gasteiger partial charge in [-0.15, -0.1) is 0 Å². The number of nitrogens with one attached hydrogen (secondary N) is 1. The van der Waals surface area contributed by atoms with E-state index in [-0.39, 0.29) is 17.9 Å². The van der Waals surface area contributed by atoms with Gasteiger partial charge in [-0.05, 0) is 62.6 Å². The number of aryl methyl sites for hydroxylation is 2. The minimum absolute atomic E-state index is 0.192. The van der Waals surface area contributed by atoms with Gasteiger partial charge in [-0.3, -0.25) is 19.5 Å². The van der Waals surface area contributed by atoms with Crippen LogP contribution in [0.3, 0.4) is 0 Å². The largest absolute Gasteiger partial charge is 0.368 e. The summed E-state index contributed by atoms with van der Waals surface area (Å²) in [6, 6.07) is 15.3. The second kappa shape index (κ2) is 8.24. The highest BCUT2D eigenvalue weighted by atomic mass is 16.2. The zero-order valence-electron chi connectivity index (χ0n) is 17.3. The van der Waals surface area contributed by atoms with E-state index in [2.05, 4.69) is 15.2 Å². The first-order valence-electron chi connectivity index (χ1n) is 10.2. The van der Waals surface area contributed by atoms with Crippen LogP contribution in [0.5, 0.6) is 0 Å². The number of fused-ring (bicyclic) bond motifs is 1. The summed E-state index contributed by atoms with van der Waals surface area (Å²) >= 11 is 0. The van der Waals surface area contributed by atoms with Crippen molar-refractivity contribution in [1.82, 2.24) is 9.88 Å². The highest BCUT2D eigenvalue weighted by Crippen LogP contribution is 2.25. The number of anilines is 1. The number of rotatable bonds is 5. The quantitative estimate of drug-likeness (QED) is 0.683. The lowest BCUT2D eigenvalue weighted by Crippen LogP contribution is -2.39. The second-order valence-electron chi connectivity index (χ2n) is 7.96. The summed E-state index contributed by atoms with van der Waals surface area (Å²) in [4.78, 5) is 31.5. The predicted octanol–water partition coefficient (Wildman–Crippen LogP) is 3.55. The summed E-state index contributed by atoms with van der Waals surface area (Å²) in [5, 5.41) is 3.98. The molecule has 4 rings (SSSR count). The summed E-state index contributed by atoms with van der Waals surface area (Å²) in [6.07, 6.45) is 1.73. The molecular formula is C24H26N4O2. The third-order valence-corrected chi connectivity index (χ3v) is 5.74. The molecule has 0 saturated carbocycles. The Balaban J connectivity index is 1.58. The first kappa shape index (κ1) is 20.0. The Bertz CT molecular complexity index is 1130. The number of likely N-dealkylation sites (tertiary alicyclic amines) is 1. The van der Waals surface area contributed by atoms with Crippen LogP contribution in [0.2, 0.25) is 0 Å². The third-order valence-electron chi connectivity index (χ3n) is 5.74. The van der Waals surface area contributed by atoms with Gasteiger partial charge < -0.3 is 11.1 Å². The number of nitrogens with two attached hydrogens (primary N) is 1. The second-order valence-corrected chi connectivity index (χ2v) is 7.96. The number of aromatic nitrogens is 1. The van der Waals surface area contributed by atoms with Crippen molar-refractivity contribution in [3.05, 3.63) is 70.9 Å². The molecular weight excluding hydrogens is 376 g/mol. The molecule has 1 saturated heterocycles. The van der Waals surface area contributed by atoms with Gasteiger partial charge in [0.25, 0.3) is 5.91 Å². The van der Waals surface area contributed by atoms with E-state index in [1.807, 2.05) is 62.4 Å². The Labute approximate surface area is 176 Å². The van der Waals surface area contributed by atoms with Crippen LogP contribution in [-0.4, -0.2) is 34.3 Å². The molecule has 6 nitrogen and oxygen atoms in total. The molecule has 0 bridgehead atoms. The van der Waals surface area contributed by atoms with E-state index in [1.165, 1.54) is 0 Å². The monoisotopic (exact) mass is 402 g/mol. The Kier molecular flexibility index (Phi) is 5.50. The minimum atomic E-state index is -0.290. The smallest absolute Gasteiger partial charge is 0.257 e. The van der Waals surface area contributed by atoms with Crippen molar-refractivity contribution in [2.75, 3.05) is 11.9 Å². The molecule has 1 fully saturated rings.